The largest absolute Gasteiger partial charge is 0.327 e. The maximum Gasteiger partial charge on any atom is 0.112 e. The van der Waals surface area contributed by atoms with Crippen LogP contribution in [0.25, 0.3) is 11.0 Å². The Bertz CT molecular complexity index is 547. The van der Waals surface area contributed by atoms with Gasteiger partial charge in [0.25, 0.3) is 0 Å². The smallest absolute Gasteiger partial charge is 0.112 e. The predicted molar refractivity (Wildman–Crippen MR) is 80.4 cm³/mol. The molecule has 1 saturated carbocycles. The van der Waals surface area contributed by atoms with Crippen molar-refractivity contribution in [1.29, 1.82) is 0 Å². The Hall–Kier alpha value is -1.31. The number of aromatic nitrogens is 2. The van der Waals surface area contributed by atoms with Gasteiger partial charge in [-0.1, -0.05) is 45.2 Å². The Balaban J connectivity index is 2.05. The van der Waals surface area contributed by atoms with E-state index in [0.29, 0.717) is 11.8 Å². The molecule has 0 radical (unpaired) electrons. The molecule has 102 valence electrons. The summed E-state index contributed by atoms with van der Waals surface area (Å²) in [7, 11) is 0. The number of hydrogen-bond donors (Lipinski definition) is 0. The van der Waals surface area contributed by atoms with Gasteiger partial charge in [-0.2, -0.15) is 0 Å². The van der Waals surface area contributed by atoms with Gasteiger partial charge in [0.15, 0.2) is 0 Å². The van der Waals surface area contributed by atoms with Gasteiger partial charge in [-0.05, 0) is 30.9 Å². The molecule has 2 heteroatoms. The van der Waals surface area contributed by atoms with Crippen LogP contribution in [0.2, 0.25) is 0 Å². The van der Waals surface area contributed by atoms with E-state index in [1.165, 1.54) is 49.0 Å². The van der Waals surface area contributed by atoms with Crippen molar-refractivity contribution in [3.05, 3.63) is 30.1 Å². The molecule has 0 aliphatic heterocycles. The fourth-order valence-corrected chi connectivity index (χ4v) is 3.32. The molecule has 0 atom stereocenters. The molecule has 1 fully saturated rings. The Labute approximate surface area is 115 Å². The topological polar surface area (TPSA) is 17.8 Å². The predicted octanol–water partition coefficient (Wildman–Crippen LogP) is 4.74. The highest BCUT2D eigenvalue weighted by atomic mass is 15.1. The van der Waals surface area contributed by atoms with Crippen LogP contribution in [0.15, 0.2) is 24.3 Å². The molecule has 2 aromatic rings. The average molecular weight is 256 g/mol. The molecule has 0 N–H and O–H groups in total. The molecule has 19 heavy (non-hydrogen) atoms. The highest BCUT2D eigenvalue weighted by Crippen LogP contribution is 2.34. The normalized spacial score (nSPS) is 17.4. The zero-order valence-corrected chi connectivity index (χ0v) is 12.1. The third kappa shape index (κ3) is 2.54. The molecule has 2 nitrogen and oxygen atoms in total. The van der Waals surface area contributed by atoms with E-state index < -0.39 is 0 Å². The number of nitrogens with zero attached hydrogens (tertiary/aromatic N) is 2. The maximum atomic E-state index is 4.95. The van der Waals surface area contributed by atoms with Crippen LogP contribution in [0.3, 0.4) is 0 Å². The van der Waals surface area contributed by atoms with Crippen LogP contribution in [0.1, 0.15) is 57.7 Å². The van der Waals surface area contributed by atoms with Gasteiger partial charge in [0, 0.05) is 12.5 Å². The van der Waals surface area contributed by atoms with Crippen molar-refractivity contribution in [3.8, 4) is 0 Å². The summed E-state index contributed by atoms with van der Waals surface area (Å²) in [4.78, 5) is 4.95. The van der Waals surface area contributed by atoms with E-state index in [1.54, 1.807) is 0 Å². The number of para-hydroxylation sites is 2. The van der Waals surface area contributed by atoms with E-state index in [0.717, 1.165) is 6.54 Å². The summed E-state index contributed by atoms with van der Waals surface area (Å²) in [6.45, 7) is 5.67. The molecule has 0 amide bonds. The lowest BCUT2D eigenvalue weighted by Gasteiger charge is -2.23. The van der Waals surface area contributed by atoms with E-state index in [4.69, 9.17) is 4.98 Å². The number of fused-ring (bicyclic) bond motifs is 1. The van der Waals surface area contributed by atoms with Crippen LogP contribution < -0.4 is 0 Å². The summed E-state index contributed by atoms with van der Waals surface area (Å²) >= 11 is 0. The maximum absolute atomic E-state index is 4.95. The summed E-state index contributed by atoms with van der Waals surface area (Å²) in [6, 6.07) is 8.60. The molecule has 0 unspecified atom stereocenters. The van der Waals surface area contributed by atoms with Gasteiger partial charge in [0.1, 0.15) is 5.82 Å². The molecule has 3 rings (SSSR count). The SMILES string of the molecule is CC(C)Cn1c(C2CCCCC2)nc2ccccc21. The third-order valence-electron chi connectivity index (χ3n) is 4.20. The highest BCUT2D eigenvalue weighted by molar-refractivity contribution is 5.76. The Morgan fingerprint density at radius 3 is 2.63 bits per heavy atom. The summed E-state index contributed by atoms with van der Waals surface area (Å²) in [5, 5.41) is 0. The fraction of sp³-hybridized carbons (Fsp3) is 0.588. The standard InChI is InChI=1S/C17H24N2/c1-13(2)12-19-16-11-7-6-10-15(16)18-17(19)14-8-4-3-5-9-14/h6-7,10-11,13-14H,3-5,8-9,12H2,1-2H3. The molecule has 1 aliphatic rings. The van der Waals surface area contributed by atoms with E-state index in [1.807, 2.05) is 0 Å². The summed E-state index contributed by atoms with van der Waals surface area (Å²) < 4.78 is 2.48. The molecule has 1 aromatic heterocycles. The quantitative estimate of drug-likeness (QED) is 0.775. The minimum absolute atomic E-state index is 0.667. The van der Waals surface area contributed by atoms with Gasteiger partial charge in [0.05, 0.1) is 11.0 Å². The van der Waals surface area contributed by atoms with E-state index in [2.05, 4.69) is 42.7 Å². The van der Waals surface area contributed by atoms with Crippen LogP contribution in [0, 0.1) is 5.92 Å². The Kier molecular flexibility index (Phi) is 3.58. The molecule has 0 saturated heterocycles. The third-order valence-corrected chi connectivity index (χ3v) is 4.20. The second-order valence-corrected chi connectivity index (χ2v) is 6.30. The second kappa shape index (κ2) is 5.36. The second-order valence-electron chi connectivity index (χ2n) is 6.30. The van der Waals surface area contributed by atoms with Crippen molar-refractivity contribution < 1.29 is 0 Å². The van der Waals surface area contributed by atoms with Crippen LogP contribution in [-0.2, 0) is 6.54 Å². The van der Waals surface area contributed by atoms with Gasteiger partial charge in [0.2, 0.25) is 0 Å². The Morgan fingerprint density at radius 1 is 1.16 bits per heavy atom. The molecule has 1 aromatic carbocycles. The van der Waals surface area contributed by atoms with Crippen molar-refractivity contribution >= 4 is 11.0 Å². The van der Waals surface area contributed by atoms with Crippen molar-refractivity contribution in [2.75, 3.05) is 0 Å². The summed E-state index contributed by atoms with van der Waals surface area (Å²) in [6.07, 6.45) is 6.79. The summed E-state index contributed by atoms with van der Waals surface area (Å²) in [5.41, 5.74) is 2.49. The first-order chi connectivity index (χ1) is 9.25. The van der Waals surface area contributed by atoms with E-state index >= 15 is 0 Å². The lowest BCUT2D eigenvalue weighted by molar-refractivity contribution is 0.406. The molecule has 0 bridgehead atoms. The first-order valence-electron chi connectivity index (χ1n) is 7.71. The first kappa shape index (κ1) is 12.7. The van der Waals surface area contributed by atoms with Crippen LogP contribution in [0.4, 0.5) is 0 Å². The minimum atomic E-state index is 0.667. The van der Waals surface area contributed by atoms with E-state index in [9.17, 15) is 0 Å². The number of benzene rings is 1. The Morgan fingerprint density at radius 2 is 1.89 bits per heavy atom. The van der Waals surface area contributed by atoms with Gasteiger partial charge in [-0.15, -0.1) is 0 Å². The van der Waals surface area contributed by atoms with Crippen LogP contribution in [0.5, 0.6) is 0 Å². The summed E-state index contributed by atoms with van der Waals surface area (Å²) in [5.74, 6) is 2.69. The number of imidazole rings is 1. The minimum Gasteiger partial charge on any atom is -0.327 e. The van der Waals surface area contributed by atoms with Gasteiger partial charge < -0.3 is 4.57 Å². The highest BCUT2D eigenvalue weighted by Gasteiger charge is 2.22. The zero-order chi connectivity index (χ0) is 13.2. The van der Waals surface area contributed by atoms with Crippen molar-refractivity contribution in [1.82, 2.24) is 9.55 Å². The van der Waals surface area contributed by atoms with Gasteiger partial charge in [-0.3, -0.25) is 0 Å². The lowest BCUT2D eigenvalue weighted by atomic mass is 9.88. The number of rotatable bonds is 3. The molecular formula is C17H24N2. The zero-order valence-electron chi connectivity index (χ0n) is 12.1. The fourth-order valence-electron chi connectivity index (χ4n) is 3.32. The molecular weight excluding hydrogens is 232 g/mol. The van der Waals surface area contributed by atoms with Gasteiger partial charge >= 0.3 is 0 Å². The molecule has 0 spiro atoms. The van der Waals surface area contributed by atoms with Crippen LogP contribution >= 0.6 is 0 Å². The number of hydrogen-bond acceptors (Lipinski definition) is 1. The van der Waals surface area contributed by atoms with E-state index in [-0.39, 0.29) is 0 Å². The van der Waals surface area contributed by atoms with Crippen molar-refractivity contribution in [2.45, 2.75) is 58.4 Å². The molecule has 1 heterocycles. The monoisotopic (exact) mass is 256 g/mol. The van der Waals surface area contributed by atoms with Crippen molar-refractivity contribution in [3.63, 3.8) is 0 Å². The first-order valence-corrected chi connectivity index (χ1v) is 7.71. The van der Waals surface area contributed by atoms with Crippen LogP contribution in [-0.4, -0.2) is 9.55 Å². The average Bonchev–Trinajstić information content (AvgIpc) is 2.78. The van der Waals surface area contributed by atoms with Crippen molar-refractivity contribution in [2.24, 2.45) is 5.92 Å². The molecule has 1 aliphatic carbocycles. The lowest BCUT2D eigenvalue weighted by Crippen LogP contribution is -2.14. The van der Waals surface area contributed by atoms with Gasteiger partial charge in [-0.25, -0.2) is 4.98 Å².